The lowest BCUT2D eigenvalue weighted by molar-refractivity contribution is 0.0547. The predicted octanol–water partition coefficient (Wildman–Crippen LogP) is 2.53. The zero-order valence-electron chi connectivity index (χ0n) is 13.0. The summed E-state index contributed by atoms with van der Waals surface area (Å²) >= 11 is 0. The van der Waals surface area contributed by atoms with E-state index in [-0.39, 0.29) is 6.10 Å². The van der Waals surface area contributed by atoms with Crippen LogP contribution in [0, 0.1) is 5.92 Å². The third-order valence-corrected chi connectivity index (χ3v) is 4.28. The van der Waals surface area contributed by atoms with Crippen LogP contribution in [0.1, 0.15) is 30.9 Å². The second-order valence-electron chi connectivity index (χ2n) is 6.12. The molecule has 1 fully saturated rings. The van der Waals surface area contributed by atoms with Crippen LogP contribution < -0.4 is 14.8 Å². The van der Waals surface area contributed by atoms with E-state index in [0.717, 1.165) is 44.2 Å². The van der Waals surface area contributed by atoms with Crippen LogP contribution in [-0.2, 0) is 17.7 Å². The highest BCUT2D eigenvalue weighted by Gasteiger charge is 2.23. The molecule has 1 N–H and O–H groups in total. The van der Waals surface area contributed by atoms with Gasteiger partial charge in [-0.3, -0.25) is 0 Å². The molecular weight excluding hydrogens is 266 g/mol. The summed E-state index contributed by atoms with van der Waals surface area (Å²) in [5.41, 5.74) is 2.46. The molecule has 0 aromatic heterocycles. The number of fused-ring (bicyclic) bond motifs is 1. The fourth-order valence-electron chi connectivity index (χ4n) is 3.21. The first-order valence-corrected chi connectivity index (χ1v) is 7.91. The Bertz CT molecular complexity index is 483. The van der Waals surface area contributed by atoms with Crippen LogP contribution >= 0.6 is 0 Å². The van der Waals surface area contributed by atoms with Gasteiger partial charge in [-0.1, -0.05) is 0 Å². The quantitative estimate of drug-likeness (QED) is 0.905. The van der Waals surface area contributed by atoms with Gasteiger partial charge in [-0.2, -0.15) is 0 Å². The minimum Gasteiger partial charge on any atom is -0.497 e. The minimum atomic E-state index is 0.262. The zero-order valence-corrected chi connectivity index (χ0v) is 13.0. The lowest BCUT2D eigenvalue weighted by atomic mass is 10.0. The Kier molecular flexibility index (Phi) is 4.66. The van der Waals surface area contributed by atoms with Crippen LogP contribution in [-0.4, -0.2) is 33.0 Å². The first kappa shape index (κ1) is 14.7. The van der Waals surface area contributed by atoms with Crippen LogP contribution in [0.3, 0.4) is 0 Å². The molecule has 2 atom stereocenters. The fourth-order valence-corrected chi connectivity index (χ4v) is 3.21. The average Bonchev–Trinajstić information content (AvgIpc) is 2.88. The normalized spacial score (nSPS) is 24.5. The molecule has 4 heteroatoms. The Hall–Kier alpha value is -1.26. The lowest BCUT2D eigenvalue weighted by Crippen LogP contribution is -2.29. The summed E-state index contributed by atoms with van der Waals surface area (Å²) in [5.74, 6) is 2.61. The Labute approximate surface area is 126 Å². The fraction of sp³-hybridized carbons (Fsp3) is 0.647. The number of nitrogens with one attached hydrogen (secondary N) is 1. The van der Waals surface area contributed by atoms with E-state index in [2.05, 4.69) is 24.4 Å². The van der Waals surface area contributed by atoms with E-state index < -0.39 is 0 Å². The molecule has 0 radical (unpaired) electrons. The molecule has 0 spiro atoms. The van der Waals surface area contributed by atoms with Crippen LogP contribution in [0.2, 0.25) is 0 Å². The van der Waals surface area contributed by atoms with Gasteiger partial charge in [0, 0.05) is 37.2 Å². The maximum absolute atomic E-state index is 5.96. The van der Waals surface area contributed by atoms with Crippen molar-refractivity contribution in [1.29, 1.82) is 0 Å². The van der Waals surface area contributed by atoms with E-state index in [0.29, 0.717) is 5.92 Å². The first-order chi connectivity index (χ1) is 10.3. The van der Waals surface area contributed by atoms with Crippen molar-refractivity contribution in [3.63, 3.8) is 0 Å². The highest BCUT2D eigenvalue weighted by atomic mass is 16.5. The second-order valence-corrected chi connectivity index (χ2v) is 6.12. The molecule has 3 rings (SSSR count). The van der Waals surface area contributed by atoms with E-state index in [4.69, 9.17) is 14.2 Å². The monoisotopic (exact) mass is 291 g/mol. The van der Waals surface area contributed by atoms with Crippen molar-refractivity contribution in [2.75, 3.05) is 26.9 Å². The van der Waals surface area contributed by atoms with Crippen LogP contribution in [0.5, 0.6) is 11.5 Å². The molecule has 1 aromatic carbocycles. The summed E-state index contributed by atoms with van der Waals surface area (Å²) in [6.07, 6.45) is 3.67. The summed E-state index contributed by atoms with van der Waals surface area (Å²) in [5, 5.41) is 3.55. The van der Waals surface area contributed by atoms with E-state index in [1.54, 1.807) is 7.11 Å². The molecule has 1 aromatic rings. The van der Waals surface area contributed by atoms with Gasteiger partial charge in [0.05, 0.1) is 13.7 Å². The molecule has 21 heavy (non-hydrogen) atoms. The highest BCUT2D eigenvalue weighted by Crippen LogP contribution is 2.36. The molecule has 4 nitrogen and oxygen atoms in total. The lowest BCUT2D eigenvalue weighted by Gasteiger charge is -2.22. The minimum absolute atomic E-state index is 0.262. The maximum atomic E-state index is 5.96. The largest absolute Gasteiger partial charge is 0.497 e. The first-order valence-electron chi connectivity index (χ1n) is 7.91. The molecule has 2 heterocycles. The standard InChI is InChI=1S/C17H25NO3/c1-12-6-14-7-16(19-2)8-15(17(14)21-12)10-18-9-13-4-3-5-20-11-13/h7-8,12-13,18H,3-6,9-11H2,1-2H3. The van der Waals surface area contributed by atoms with Crippen molar-refractivity contribution in [2.45, 2.75) is 38.8 Å². The number of ether oxygens (including phenoxy) is 3. The molecule has 2 aliphatic rings. The SMILES string of the molecule is COc1cc(CNCC2CCCOC2)c2c(c1)CC(C)O2. The van der Waals surface area contributed by atoms with Gasteiger partial charge >= 0.3 is 0 Å². The zero-order chi connectivity index (χ0) is 14.7. The topological polar surface area (TPSA) is 39.7 Å². The molecule has 0 amide bonds. The predicted molar refractivity (Wildman–Crippen MR) is 82.0 cm³/mol. The van der Waals surface area contributed by atoms with Gasteiger partial charge in [0.2, 0.25) is 0 Å². The van der Waals surface area contributed by atoms with Crippen molar-refractivity contribution < 1.29 is 14.2 Å². The maximum Gasteiger partial charge on any atom is 0.127 e. The van der Waals surface area contributed by atoms with Gasteiger partial charge in [0.25, 0.3) is 0 Å². The summed E-state index contributed by atoms with van der Waals surface area (Å²) in [7, 11) is 1.72. The van der Waals surface area contributed by atoms with Gasteiger partial charge in [-0.05, 0) is 37.8 Å². The highest BCUT2D eigenvalue weighted by molar-refractivity contribution is 5.49. The molecule has 116 valence electrons. The van der Waals surface area contributed by atoms with Crippen LogP contribution in [0.15, 0.2) is 12.1 Å². The molecule has 2 unspecified atom stereocenters. The molecular formula is C17H25NO3. The second kappa shape index (κ2) is 6.67. The van der Waals surface area contributed by atoms with E-state index in [9.17, 15) is 0 Å². The summed E-state index contributed by atoms with van der Waals surface area (Å²) in [6, 6.07) is 4.18. The molecule has 2 aliphatic heterocycles. The molecule has 0 aliphatic carbocycles. The third kappa shape index (κ3) is 3.50. The van der Waals surface area contributed by atoms with Gasteiger partial charge in [0.15, 0.2) is 0 Å². The molecule has 0 saturated carbocycles. The van der Waals surface area contributed by atoms with Crippen LogP contribution in [0.4, 0.5) is 0 Å². The smallest absolute Gasteiger partial charge is 0.127 e. The van der Waals surface area contributed by atoms with Crippen molar-refractivity contribution in [1.82, 2.24) is 5.32 Å². The van der Waals surface area contributed by atoms with Crippen molar-refractivity contribution in [3.8, 4) is 11.5 Å². The number of rotatable bonds is 5. The van der Waals surface area contributed by atoms with Crippen molar-refractivity contribution in [2.24, 2.45) is 5.92 Å². The van der Waals surface area contributed by atoms with Crippen molar-refractivity contribution in [3.05, 3.63) is 23.3 Å². The summed E-state index contributed by atoms with van der Waals surface area (Å²) in [6.45, 7) is 5.75. The van der Waals surface area contributed by atoms with Gasteiger partial charge in [0.1, 0.15) is 17.6 Å². The molecule has 1 saturated heterocycles. The van der Waals surface area contributed by atoms with Crippen molar-refractivity contribution >= 4 is 0 Å². The third-order valence-electron chi connectivity index (χ3n) is 4.28. The Balaban J connectivity index is 1.63. The van der Waals surface area contributed by atoms with Crippen LogP contribution in [0.25, 0.3) is 0 Å². The van der Waals surface area contributed by atoms with E-state index in [1.807, 2.05) is 0 Å². The van der Waals surface area contributed by atoms with Gasteiger partial charge in [-0.15, -0.1) is 0 Å². The average molecular weight is 291 g/mol. The number of benzene rings is 1. The Morgan fingerprint density at radius 1 is 1.38 bits per heavy atom. The number of methoxy groups -OCH3 is 1. The Morgan fingerprint density at radius 2 is 2.29 bits per heavy atom. The van der Waals surface area contributed by atoms with E-state index in [1.165, 1.54) is 24.0 Å². The molecule has 0 bridgehead atoms. The van der Waals surface area contributed by atoms with E-state index >= 15 is 0 Å². The summed E-state index contributed by atoms with van der Waals surface area (Å²) < 4.78 is 16.9. The summed E-state index contributed by atoms with van der Waals surface area (Å²) in [4.78, 5) is 0. The van der Waals surface area contributed by atoms with Gasteiger partial charge in [-0.25, -0.2) is 0 Å². The Morgan fingerprint density at radius 3 is 3.05 bits per heavy atom. The van der Waals surface area contributed by atoms with Gasteiger partial charge < -0.3 is 19.5 Å². The number of hydrogen-bond acceptors (Lipinski definition) is 4. The number of hydrogen-bond donors (Lipinski definition) is 1.